The Morgan fingerprint density at radius 2 is 1.82 bits per heavy atom. The van der Waals surface area contributed by atoms with E-state index in [0.29, 0.717) is 23.0 Å². The van der Waals surface area contributed by atoms with Gasteiger partial charge in [-0.05, 0) is 59.3 Å². The molecule has 0 unspecified atom stereocenters. The minimum atomic E-state index is -0.991. The first-order valence-electron chi connectivity index (χ1n) is 7.15. The molecule has 0 radical (unpaired) electrons. The number of nitrogens with zero attached hydrogens (tertiary/aromatic N) is 1. The fourth-order valence-corrected chi connectivity index (χ4v) is 3.75. The Balaban J connectivity index is 0.00000176. The average molecular weight is 396 g/mol. The van der Waals surface area contributed by atoms with Gasteiger partial charge >= 0.3 is 0 Å². The van der Waals surface area contributed by atoms with Gasteiger partial charge in [0, 0.05) is 24.1 Å². The van der Waals surface area contributed by atoms with E-state index in [1.54, 1.807) is 4.90 Å². The van der Waals surface area contributed by atoms with Crippen molar-refractivity contribution in [2.24, 2.45) is 5.41 Å². The molecule has 22 heavy (non-hydrogen) atoms. The lowest BCUT2D eigenvalue weighted by Crippen LogP contribution is -2.44. The lowest BCUT2D eigenvalue weighted by molar-refractivity contribution is 0.0606. The van der Waals surface area contributed by atoms with E-state index in [4.69, 9.17) is 0 Å². The summed E-state index contributed by atoms with van der Waals surface area (Å²) in [5, 5.41) is 3.38. The number of amides is 1. The summed E-state index contributed by atoms with van der Waals surface area (Å²) < 4.78 is 26.8. The van der Waals surface area contributed by atoms with Gasteiger partial charge in [-0.1, -0.05) is 0 Å². The fourth-order valence-electron chi connectivity index (χ4n) is 3.26. The summed E-state index contributed by atoms with van der Waals surface area (Å²) in [6.45, 7) is 3.41. The van der Waals surface area contributed by atoms with Crippen molar-refractivity contribution >= 4 is 34.2 Å². The molecule has 2 aliphatic rings. The normalized spacial score (nSPS) is 20.0. The molecule has 1 aromatic rings. The van der Waals surface area contributed by atoms with Crippen molar-refractivity contribution in [3.8, 4) is 0 Å². The van der Waals surface area contributed by atoms with Crippen molar-refractivity contribution in [1.29, 1.82) is 0 Å². The van der Waals surface area contributed by atoms with Gasteiger partial charge in [-0.2, -0.15) is 0 Å². The number of piperidine rings is 1. The van der Waals surface area contributed by atoms with E-state index in [0.717, 1.165) is 44.5 Å². The molecule has 1 spiro atoms. The van der Waals surface area contributed by atoms with Gasteiger partial charge in [-0.25, -0.2) is 8.78 Å². The van der Waals surface area contributed by atoms with Gasteiger partial charge in [-0.15, -0.1) is 12.4 Å². The van der Waals surface area contributed by atoms with Crippen LogP contribution in [0.1, 0.15) is 29.6 Å². The van der Waals surface area contributed by atoms with Gasteiger partial charge in [0.05, 0.1) is 5.56 Å². The lowest BCUT2D eigenvalue weighted by Gasteiger charge is -2.39. The molecule has 7 heteroatoms. The van der Waals surface area contributed by atoms with Crippen molar-refractivity contribution in [1.82, 2.24) is 10.2 Å². The predicted molar refractivity (Wildman–Crippen MR) is 86.4 cm³/mol. The van der Waals surface area contributed by atoms with Crippen molar-refractivity contribution in [2.75, 3.05) is 26.2 Å². The highest BCUT2D eigenvalue weighted by Gasteiger charge is 2.38. The summed E-state index contributed by atoms with van der Waals surface area (Å²) >= 11 is 3.14. The molecule has 3 rings (SSSR count). The molecule has 2 heterocycles. The molecule has 122 valence electrons. The Labute approximate surface area is 143 Å². The quantitative estimate of drug-likeness (QED) is 0.740. The third-order valence-corrected chi connectivity index (χ3v) is 5.34. The molecule has 2 saturated heterocycles. The second-order valence-electron chi connectivity index (χ2n) is 5.97. The highest BCUT2D eigenvalue weighted by molar-refractivity contribution is 9.10. The van der Waals surface area contributed by atoms with E-state index in [2.05, 4.69) is 21.2 Å². The first-order valence-corrected chi connectivity index (χ1v) is 7.95. The van der Waals surface area contributed by atoms with Crippen LogP contribution in [0.3, 0.4) is 0 Å². The molecule has 1 N–H and O–H groups in total. The molecule has 2 fully saturated rings. The van der Waals surface area contributed by atoms with Gasteiger partial charge in [0.1, 0.15) is 0 Å². The monoisotopic (exact) mass is 394 g/mol. The molecule has 0 bridgehead atoms. The third kappa shape index (κ3) is 3.29. The Morgan fingerprint density at radius 1 is 1.18 bits per heavy atom. The van der Waals surface area contributed by atoms with Crippen molar-refractivity contribution < 1.29 is 13.6 Å². The Hall–Kier alpha value is -0.720. The second-order valence-corrected chi connectivity index (χ2v) is 6.82. The maximum absolute atomic E-state index is 13.4. The van der Waals surface area contributed by atoms with Crippen LogP contribution in [-0.4, -0.2) is 37.0 Å². The standard InChI is InChI=1S/C15H17BrF2N2O.ClH/c16-11-8-13(18)12(17)7-10(11)14(21)20-5-2-15(3-6-20)1-4-19-9-15;/h7-8,19H,1-6,9H2;1H. The number of benzene rings is 1. The molecule has 0 aromatic heterocycles. The van der Waals surface area contributed by atoms with Crippen LogP contribution in [0.5, 0.6) is 0 Å². The number of hydrogen-bond donors (Lipinski definition) is 1. The Morgan fingerprint density at radius 3 is 2.41 bits per heavy atom. The van der Waals surface area contributed by atoms with E-state index in [1.807, 2.05) is 0 Å². The van der Waals surface area contributed by atoms with Crippen LogP contribution in [0.4, 0.5) is 8.78 Å². The molecule has 0 atom stereocenters. The first-order chi connectivity index (χ1) is 10.0. The predicted octanol–water partition coefficient (Wildman–Crippen LogP) is 3.36. The molecular formula is C15H18BrClF2N2O. The highest BCUT2D eigenvalue weighted by atomic mass is 79.9. The Bertz CT molecular complexity index is 569. The summed E-state index contributed by atoms with van der Waals surface area (Å²) in [5.41, 5.74) is 0.511. The summed E-state index contributed by atoms with van der Waals surface area (Å²) in [5.74, 6) is -2.18. The van der Waals surface area contributed by atoms with E-state index in [9.17, 15) is 13.6 Å². The van der Waals surface area contributed by atoms with Crippen LogP contribution in [0.2, 0.25) is 0 Å². The first kappa shape index (κ1) is 17.6. The van der Waals surface area contributed by atoms with E-state index in [1.165, 1.54) is 0 Å². The van der Waals surface area contributed by atoms with Gasteiger partial charge in [-0.3, -0.25) is 4.79 Å². The van der Waals surface area contributed by atoms with Crippen LogP contribution in [-0.2, 0) is 0 Å². The molecule has 0 aliphatic carbocycles. The molecule has 1 amide bonds. The van der Waals surface area contributed by atoms with Crippen molar-refractivity contribution in [2.45, 2.75) is 19.3 Å². The lowest BCUT2D eigenvalue weighted by atomic mass is 9.78. The summed E-state index contributed by atoms with van der Waals surface area (Å²) in [4.78, 5) is 14.2. The zero-order chi connectivity index (χ0) is 15.0. The number of rotatable bonds is 1. The van der Waals surface area contributed by atoms with Gasteiger partial charge in [0.15, 0.2) is 11.6 Å². The van der Waals surface area contributed by atoms with Crippen molar-refractivity contribution in [3.05, 3.63) is 33.8 Å². The SMILES string of the molecule is Cl.O=C(c1cc(F)c(F)cc1Br)N1CCC2(CCNC2)CC1. The van der Waals surface area contributed by atoms with Crippen LogP contribution in [0.15, 0.2) is 16.6 Å². The van der Waals surface area contributed by atoms with E-state index >= 15 is 0 Å². The minimum Gasteiger partial charge on any atom is -0.339 e. The zero-order valence-corrected chi connectivity index (χ0v) is 14.4. The zero-order valence-electron chi connectivity index (χ0n) is 12.0. The van der Waals surface area contributed by atoms with Crippen LogP contribution >= 0.6 is 28.3 Å². The van der Waals surface area contributed by atoms with Crippen LogP contribution in [0, 0.1) is 17.0 Å². The summed E-state index contributed by atoms with van der Waals surface area (Å²) in [6, 6.07) is 1.98. The topological polar surface area (TPSA) is 32.3 Å². The molecule has 2 aliphatic heterocycles. The van der Waals surface area contributed by atoms with Crippen LogP contribution < -0.4 is 5.32 Å². The summed E-state index contributed by atoms with van der Waals surface area (Å²) in [6.07, 6.45) is 3.09. The third-order valence-electron chi connectivity index (χ3n) is 4.68. The van der Waals surface area contributed by atoms with Crippen molar-refractivity contribution in [3.63, 3.8) is 0 Å². The van der Waals surface area contributed by atoms with E-state index in [-0.39, 0.29) is 23.9 Å². The highest BCUT2D eigenvalue weighted by Crippen LogP contribution is 2.37. The maximum Gasteiger partial charge on any atom is 0.255 e. The fraction of sp³-hybridized carbons (Fsp3) is 0.533. The number of halogens is 4. The largest absolute Gasteiger partial charge is 0.339 e. The second kappa shape index (κ2) is 6.81. The minimum absolute atomic E-state index is 0. The molecule has 1 aromatic carbocycles. The molecule has 0 saturated carbocycles. The van der Waals surface area contributed by atoms with Crippen LogP contribution in [0.25, 0.3) is 0 Å². The molecule has 3 nitrogen and oxygen atoms in total. The number of hydrogen-bond acceptors (Lipinski definition) is 2. The smallest absolute Gasteiger partial charge is 0.255 e. The average Bonchev–Trinajstić information content (AvgIpc) is 2.91. The number of carbonyl (C=O) groups excluding carboxylic acids is 1. The number of nitrogens with one attached hydrogen (secondary N) is 1. The molecular weight excluding hydrogens is 378 g/mol. The number of likely N-dealkylation sites (tertiary alicyclic amines) is 1. The number of carbonyl (C=O) groups is 1. The van der Waals surface area contributed by atoms with E-state index < -0.39 is 11.6 Å². The van der Waals surface area contributed by atoms with Gasteiger partial charge < -0.3 is 10.2 Å². The summed E-state index contributed by atoms with van der Waals surface area (Å²) in [7, 11) is 0. The van der Waals surface area contributed by atoms with Gasteiger partial charge in [0.25, 0.3) is 5.91 Å². The maximum atomic E-state index is 13.4. The van der Waals surface area contributed by atoms with Gasteiger partial charge in [0.2, 0.25) is 0 Å². The Kier molecular flexibility index (Phi) is 5.45.